The molecule has 2 aromatic carbocycles. The molecule has 1 heterocycles. The van der Waals surface area contributed by atoms with E-state index in [2.05, 4.69) is 20.6 Å². The number of halogens is 2. The highest BCUT2D eigenvalue weighted by atomic mass is 35.5. The van der Waals surface area contributed by atoms with Gasteiger partial charge >= 0.3 is 0 Å². The molecule has 26 heavy (non-hydrogen) atoms. The maximum Gasteiger partial charge on any atom is 0.224 e. The fourth-order valence-corrected chi connectivity index (χ4v) is 2.66. The normalized spacial score (nSPS) is 10.5. The predicted octanol–water partition coefficient (Wildman–Crippen LogP) is 4.58. The molecule has 0 bridgehead atoms. The van der Waals surface area contributed by atoms with Crippen molar-refractivity contribution >= 4 is 23.4 Å². The highest BCUT2D eigenvalue weighted by molar-refractivity contribution is 6.30. The molecule has 3 aromatic rings. The van der Waals surface area contributed by atoms with Crippen molar-refractivity contribution in [2.24, 2.45) is 0 Å². The molecule has 0 saturated carbocycles. The molecule has 0 unspecified atom stereocenters. The summed E-state index contributed by atoms with van der Waals surface area (Å²) in [6.45, 7) is 1.32. The van der Waals surface area contributed by atoms with Crippen molar-refractivity contribution in [3.05, 3.63) is 82.8 Å². The third-order valence-electron chi connectivity index (χ3n) is 3.92. The van der Waals surface area contributed by atoms with E-state index < -0.39 is 0 Å². The average molecular weight is 371 g/mol. The topological polar surface area (TPSA) is 49.8 Å². The Morgan fingerprint density at radius 2 is 1.65 bits per heavy atom. The first-order valence-corrected chi connectivity index (χ1v) is 8.87. The SMILES string of the molecule is Fc1ccccc1CCNc1ccnc(NCCc2ccc(Cl)cc2)n1. The molecular formula is C20H20ClFN4. The van der Waals surface area contributed by atoms with Gasteiger partial charge in [0.25, 0.3) is 0 Å². The van der Waals surface area contributed by atoms with Crippen molar-refractivity contribution in [2.75, 3.05) is 23.7 Å². The van der Waals surface area contributed by atoms with Gasteiger partial charge < -0.3 is 10.6 Å². The third kappa shape index (κ3) is 5.43. The monoisotopic (exact) mass is 370 g/mol. The van der Waals surface area contributed by atoms with Gasteiger partial charge in [0.2, 0.25) is 5.95 Å². The lowest BCUT2D eigenvalue weighted by atomic mass is 10.1. The molecular weight excluding hydrogens is 351 g/mol. The fourth-order valence-electron chi connectivity index (χ4n) is 2.54. The Kier molecular flexibility index (Phi) is 6.39. The molecule has 0 amide bonds. The van der Waals surface area contributed by atoms with Gasteiger partial charge in [-0.2, -0.15) is 4.98 Å². The predicted molar refractivity (Wildman–Crippen MR) is 104 cm³/mol. The van der Waals surface area contributed by atoms with E-state index >= 15 is 0 Å². The summed E-state index contributed by atoms with van der Waals surface area (Å²) < 4.78 is 13.6. The van der Waals surface area contributed by atoms with Crippen molar-refractivity contribution in [1.29, 1.82) is 0 Å². The molecule has 4 nitrogen and oxygen atoms in total. The lowest BCUT2D eigenvalue weighted by Gasteiger charge is -2.09. The molecule has 0 aliphatic carbocycles. The van der Waals surface area contributed by atoms with Gasteiger partial charge in [-0.25, -0.2) is 9.37 Å². The lowest BCUT2D eigenvalue weighted by molar-refractivity contribution is 0.610. The number of hydrogen-bond donors (Lipinski definition) is 2. The largest absolute Gasteiger partial charge is 0.370 e. The molecule has 1 aromatic heterocycles. The minimum absolute atomic E-state index is 0.179. The number of nitrogens with zero attached hydrogens (tertiary/aromatic N) is 2. The smallest absolute Gasteiger partial charge is 0.224 e. The first kappa shape index (κ1) is 18.1. The zero-order valence-electron chi connectivity index (χ0n) is 14.3. The molecule has 134 valence electrons. The third-order valence-corrected chi connectivity index (χ3v) is 4.18. The molecule has 0 fully saturated rings. The van der Waals surface area contributed by atoms with Crippen LogP contribution in [-0.2, 0) is 12.8 Å². The van der Waals surface area contributed by atoms with Crippen LogP contribution in [0.2, 0.25) is 5.02 Å². The van der Waals surface area contributed by atoms with Gasteiger partial charge in [-0.15, -0.1) is 0 Å². The van der Waals surface area contributed by atoms with Gasteiger partial charge in [-0.1, -0.05) is 41.9 Å². The standard InChI is InChI=1S/C20H20ClFN4/c21-17-7-5-15(6-8-17)9-12-24-20-25-14-11-19(26-20)23-13-10-16-3-1-2-4-18(16)22/h1-8,11,14H,9-10,12-13H2,(H2,23,24,25,26). The number of anilines is 2. The average Bonchev–Trinajstić information content (AvgIpc) is 2.65. The van der Waals surface area contributed by atoms with Crippen molar-refractivity contribution in [3.8, 4) is 0 Å². The molecule has 0 spiro atoms. The zero-order chi connectivity index (χ0) is 18.2. The van der Waals surface area contributed by atoms with E-state index in [1.165, 1.54) is 11.6 Å². The molecule has 0 radical (unpaired) electrons. The second-order valence-corrected chi connectivity index (χ2v) is 6.27. The fraction of sp³-hybridized carbons (Fsp3) is 0.200. The Balaban J connectivity index is 1.47. The van der Waals surface area contributed by atoms with E-state index in [0.717, 1.165) is 18.0 Å². The summed E-state index contributed by atoms with van der Waals surface area (Å²) in [5.74, 6) is 1.10. The first-order valence-electron chi connectivity index (χ1n) is 8.49. The molecule has 2 N–H and O–H groups in total. The Morgan fingerprint density at radius 1 is 0.885 bits per heavy atom. The quantitative estimate of drug-likeness (QED) is 0.609. The van der Waals surface area contributed by atoms with E-state index in [9.17, 15) is 4.39 Å². The maximum absolute atomic E-state index is 13.6. The minimum atomic E-state index is -0.179. The van der Waals surface area contributed by atoms with E-state index in [4.69, 9.17) is 11.6 Å². The van der Waals surface area contributed by atoms with E-state index in [-0.39, 0.29) is 5.82 Å². The summed E-state index contributed by atoms with van der Waals surface area (Å²) in [5, 5.41) is 7.15. The van der Waals surface area contributed by atoms with Gasteiger partial charge in [0.1, 0.15) is 11.6 Å². The molecule has 0 aliphatic heterocycles. The van der Waals surface area contributed by atoms with Crippen LogP contribution in [0.1, 0.15) is 11.1 Å². The zero-order valence-corrected chi connectivity index (χ0v) is 15.0. The van der Waals surface area contributed by atoms with Crippen LogP contribution in [0.5, 0.6) is 0 Å². The van der Waals surface area contributed by atoms with Crippen molar-refractivity contribution in [3.63, 3.8) is 0 Å². The summed E-state index contributed by atoms with van der Waals surface area (Å²) >= 11 is 5.89. The minimum Gasteiger partial charge on any atom is -0.370 e. The van der Waals surface area contributed by atoms with Crippen LogP contribution in [-0.4, -0.2) is 23.1 Å². The number of hydrogen-bond acceptors (Lipinski definition) is 4. The number of nitrogens with one attached hydrogen (secondary N) is 2. The molecule has 0 atom stereocenters. The second kappa shape index (κ2) is 9.15. The molecule has 0 saturated heterocycles. The Bertz CT molecular complexity index is 839. The maximum atomic E-state index is 13.6. The summed E-state index contributed by atoms with van der Waals surface area (Å²) in [7, 11) is 0. The summed E-state index contributed by atoms with van der Waals surface area (Å²) in [6, 6.07) is 16.4. The van der Waals surface area contributed by atoms with Crippen LogP contribution in [0.15, 0.2) is 60.8 Å². The Labute approximate surface area is 157 Å². The summed E-state index contributed by atoms with van der Waals surface area (Å²) in [6.07, 6.45) is 3.14. The summed E-state index contributed by atoms with van der Waals surface area (Å²) in [5.41, 5.74) is 1.89. The van der Waals surface area contributed by atoms with E-state index in [1.54, 1.807) is 24.4 Å². The van der Waals surface area contributed by atoms with Gasteiger partial charge in [0, 0.05) is 24.3 Å². The highest BCUT2D eigenvalue weighted by Crippen LogP contribution is 2.11. The Hall–Kier alpha value is -2.66. The van der Waals surface area contributed by atoms with Crippen LogP contribution in [0.4, 0.5) is 16.2 Å². The second-order valence-electron chi connectivity index (χ2n) is 5.84. The van der Waals surface area contributed by atoms with Gasteiger partial charge in [0.15, 0.2) is 0 Å². The van der Waals surface area contributed by atoms with E-state index in [0.29, 0.717) is 30.3 Å². The highest BCUT2D eigenvalue weighted by Gasteiger charge is 2.02. The lowest BCUT2D eigenvalue weighted by Crippen LogP contribution is -2.11. The van der Waals surface area contributed by atoms with Gasteiger partial charge in [0.05, 0.1) is 0 Å². The van der Waals surface area contributed by atoms with Crippen LogP contribution in [0.3, 0.4) is 0 Å². The number of benzene rings is 2. The van der Waals surface area contributed by atoms with E-state index in [1.807, 2.05) is 30.3 Å². The van der Waals surface area contributed by atoms with Crippen LogP contribution in [0.25, 0.3) is 0 Å². The molecule has 0 aliphatic rings. The molecule has 3 rings (SSSR count). The van der Waals surface area contributed by atoms with Crippen molar-refractivity contribution in [1.82, 2.24) is 9.97 Å². The van der Waals surface area contributed by atoms with Gasteiger partial charge in [-0.05, 0) is 48.2 Å². The van der Waals surface area contributed by atoms with Gasteiger partial charge in [-0.3, -0.25) is 0 Å². The van der Waals surface area contributed by atoms with Crippen LogP contribution in [0, 0.1) is 5.82 Å². The molecule has 6 heteroatoms. The van der Waals surface area contributed by atoms with Crippen LogP contribution < -0.4 is 10.6 Å². The Morgan fingerprint density at radius 3 is 2.46 bits per heavy atom. The van der Waals surface area contributed by atoms with Crippen LogP contribution >= 0.6 is 11.6 Å². The van der Waals surface area contributed by atoms with Crippen molar-refractivity contribution < 1.29 is 4.39 Å². The summed E-state index contributed by atoms with van der Waals surface area (Å²) in [4.78, 5) is 8.65. The van der Waals surface area contributed by atoms with Crippen molar-refractivity contribution in [2.45, 2.75) is 12.8 Å². The number of rotatable bonds is 8. The first-order chi connectivity index (χ1) is 12.7. The number of aromatic nitrogens is 2.